The van der Waals surface area contributed by atoms with E-state index in [0.717, 1.165) is 17.0 Å². The van der Waals surface area contributed by atoms with Crippen molar-refractivity contribution in [2.75, 3.05) is 17.3 Å². The second kappa shape index (κ2) is 7.79. The molecule has 1 aliphatic rings. The minimum Gasteiger partial charge on any atom is -0.461 e. The fourth-order valence-electron chi connectivity index (χ4n) is 2.90. The van der Waals surface area contributed by atoms with Crippen LogP contribution in [0.5, 0.6) is 0 Å². The summed E-state index contributed by atoms with van der Waals surface area (Å²) in [5.74, 6) is 0.416. The average molecular weight is 396 g/mol. The molecule has 7 nitrogen and oxygen atoms in total. The van der Waals surface area contributed by atoms with E-state index in [-0.39, 0.29) is 17.3 Å². The fraction of sp³-hybridized carbons (Fsp3) is 0.471. The Morgan fingerprint density at radius 1 is 1.35 bits per heavy atom. The molecule has 0 radical (unpaired) electrons. The number of hydrogen-bond acceptors (Lipinski definition) is 7. The number of ether oxygens (including phenoxy) is 1. The predicted octanol–water partition coefficient (Wildman–Crippen LogP) is 2.10. The second-order valence-corrected chi connectivity index (χ2v) is 9.34. The number of aryl methyl sites for hydroxylation is 1. The van der Waals surface area contributed by atoms with Crippen molar-refractivity contribution in [2.45, 2.75) is 38.1 Å². The summed E-state index contributed by atoms with van der Waals surface area (Å²) >= 11 is 1.25. The standard InChI is InChI=1S/C17H21N3O4S2/c1-3-20-16(14-7-5-4-6-12(14)2)18-19-17(20)25-10-15(21)24-13-8-9-26(22,23)11-13/h4-7,13H,3,8-11H2,1-2H3/t13-/m1/s1. The highest BCUT2D eigenvalue weighted by Crippen LogP contribution is 2.26. The summed E-state index contributed by atoms with van der Waals surface area (Å²) in [5.41, 5.74) is 2.11. The normalized spacial score (nSPS) is 18.8. The lowest BCUT2D eigenvalue weighted by molar-refractivity contribution is -0.144. The summed E-state index contributed by atoms with van der Waals surface area (Å²) in [6.45, 7) is 4.69. The smallest absolute Gasteiger partial charge is 0.316 e. The number of nitrogens with zero attached hydrogens (tertiary/aromatic N) is 3. The predicted molar refractivity (Wildman–Crippen MR) is 99.7 cm³/mol. The lowest BCUT2D eigenvalue weighted by Gasteiger charge is -2.11. The number of carbonyl (C=O) groups is 1. The zero-order valence-electron chi connectivity index (χ0n) is 14.7. The molecule has 1 aliphatic heterocycles. The Hall–Kier alpha value is -1.87. The van der Waals surface area contributed by atoms with Crippen molar-refractivity contribution >= 4 is 27.6 Å². The van der Waals surface area contributed by atoms with Crippen molar-refractivity contribution in [3.05, 3.63) is 29.8 Å². The van der Waals surface area contributed by atoms with Gasteiger partial charge in [0.1, 0.15) is 6.10 Å². The van der Waals surface area contributed by atoms with Crippen molar-refractivity contribution in [2.24, 2.45) is 0 Å². The number of aromatic nitrogens is 3. The van der Waals surface area contributed by atoms with Crippen LogP contribution in [0, 0.1) is 6.92 Å². The topological polar surface area (TPSA) is 91.2 Å². The van der Waals surface area contributed by atoms with Gasteiger partial charge in [0.25, 0.3) is 0 Å². The molecular weight excluding hydrogens is 374 g/mol. The molecule has 2 heterocycles. The Bertz CT molecular complexity index is 908. The molecule has 1 fully saturated rings. The van der Waals surface area contributed by atoms with Gasteiger partial charge in [-0.05, 0) is 25.8 Å². The average Bonchev–Trinajstić information content (AvgIpc) is 3.15. The second-order valence-electron chi connectivity index (χ2n) is 6.17. The molecule has 2 aromatic rings. The van der Waals surface area contributed by atoms with E-state index in [2.05, 4.69) is 10.2 Å². The highest BCUT2D eigenvalue weighted by molar-refractivity contribution is 7.99. The molecule has 0 amide bonds. The van der Waals surface area contributed by atoms with Gasteiger partial charge in [-0.1, -0.05) is 36.0 Å². The van der Waals surface area contributed by atoms with Crippen LogP contribution in [0.25, 0.3) is 11.4 Å². The summed E-state index contributed by atoms with van der Waals surface area (Å²) in [6, 6.07) is 7.94. The molecule has 26 heavy (non-hydrogen) atoms. The van der Waals surface area contributed by atoms with Crippen LogP contribution in [-0.4, -0.2) is 52.5 Å². The Morgan fingerprint density at radius 3 is 2.77 bits per heavy atom. The number of thioether (sulfide) groups is 1. The molecule has 3 rings (SSSR count). The number of hydrogen-bond donors (Lipinski definition) is 0. The van der Waals surface area contributed by atoms with E-state index in [1.165, 1.54) is 11.8 Å². The van der Waals surface area contributed by atoms with Crippen LogP contribution in [0.15, 0.2) is 29.4 Å². The first-order chi connectivity index (χ1) is 12.4. The Labute approximate surface area is 157 Å². The van der Waals surface area contributed by atoms with Gasteiger partial charge in [0.2, 0.25) is 0 Å². The maximum atomic E-state index is 12.0. The minimum absolute atomic E-state index is 0.0719. The quantitative estimate of drug-likeness (QED) is 0.546. The number of carbonyl (C=O) groups excluding carboxylic acids is 1. The van der Waals surface area contributed by atoms with Crippen molar-refractivity contribution < 1.29 is 17.9 Å². The van der Waals surface area contributed by atoms with E-state index >= 15 is 0 Å². The molecule has 0 bridgehead atoms. The van der Waals surface area contributed by atoms with Crippen LogP contribution in [0.2, 0.25) is 0 Å². The first-order valence-corrected chi connectivity index (χ1v) is 11.2. The van der Waals surface area contributed by atoms with E-state index in [4.69, 9.17) is 4.74 Å². The van der Waals surface area contributed by atoms with Gasteiger partial charge in [-0.15, -0.1) is 10.2 Å². The monoisotopic (exact) mass is 395 g/mol. The maximum Gasteiger partial charge on any atom is 0.316 e. The number of rotatable bonds is 6. The third-order valence-electron chi connectivity index (χ3n) is 4.23. The van der Waals surface area contributed by atoms with E-state index < -0.39 is 21.9 Å². The summed E-state index contributed by atoms with van der Waals surface area (Å²) in [5, 5.41) is 9.12. The van der Waals surface area contributed by atoms with Gasteiger partial charge in [-0.2, -0.15) is 0 Å². The van der Waals surface area contributed by atoms with Gasteiger partial charge < -0.3 is 9.30 Å². The van der Waals surface area contributed by atoms with Crippen molar-refractivity contribution in [1.29, 1.82) is 0 Å². The lowest BCUT2D eigenvalue weighted by atomic mass is 10.1. The van der Waals surface area contributed by atoms with Crippen LogP contribution in [0.1, 0.15) is 18.9 Å². The summed E-state index contributed by atoms with van der Waals surface area (Å²) in [6.07, 6.45) is -0.152. The van der Waals surface area contributed by atoms with Crippen molar-refractivity contribution in [1.82, 2.24) is 14.8 Å². The van der Waals surface area contributed by atoms with Crippen LogP contribution in [0.3, 0.4) is 0 Å². The fourth-order valence-corrected chi connectivity index (χ4v) is 5.28. The van der Waals surface area contributed by atoms with Gasteiger partial charge in [-0.25, -0.2) is 8.42 Å². The van der Waals surface area contributed by atoms with E-state index in [0.29, 0.717) is 18.1 Å². The Kier molecular flexibility index (Phi) is 5.67. The Balaban J connectivity index is 1.65. The highest BCUT2D eigenvalue weighted by Gasteiger charge is 2.30. The van der Waals surface area contributed by atoms with Gasteiger partial charge in [-0.3, -0.25) is 4.79 Å². The first kappa shape index (κ1) is 18.9. The first-order valence-electron chi connectivity index (χ1n) is 8.41. The molecule has 1 atom stereocenters. The molecule has 1 saturated heterocycles. The molecule has 140 valence electrons. The lowest BCUT2D eigenvalue weighted by Crippen LogP contribution is -2.20. The molecule has 0 spiro atoms. The summed E-state index contributed by atoms with van der Waals surface area (Å²) < 4.78 is 30.1. The zero-order valence-corrected chi connectivity index (χ0v) is 16.3. The molecule has 1 aromatic heterocycles. The van der Waals surface area contributed by atoms with Gasteiger partial charge >= 0.3 is 5.97 Å². The number of sulfone groups is 1. The van der Waals surface area contributed by atoms with Crippen molar-refractivity contribution in [3.8, 4) is 11.4 Å². The largest absolute Gasteiger partial charge is 0.461 e. The molecule has 0 saturated carbocycles. The molecular formula is C17H21N3O4S2. The Morgan fingerprint density at radius 2 is 2.12 bits per heavy atom. The van der Waals surface area contributed by atoms with Gasteiger partial charge in [0, 0.05) is 12.1 Å². The molecule has 1 aromatic carbocycles. The van der Waals surface area contributed by atoms with Crippen LogP contribution in [-0.2, 0) is 25.9 Å². The highest BCUT2D eigenvalue weighted by atomic mass is 32.2. The van der Waals surface area contributed by atoms with Crippen LogP contribution >= 0.6 is 11.8 Å². The SMILES string of the molecule is CCn1c(SCC(=O)O[C@@H]2CCS(=O)(=O)C2)nnc1-c1ccccc1C. The molecule has 0 N–H and O–H groups in total. The molecule has 0 unspecified atom stereocenters. The third-order valence-corrected chi connectivity index (χ3v) is 6.90. The van der Waals surface area contributed by atoms with Gasteiger partial charge in [0.05, 0.1) is 17.3 Å². The molecule has 0 aliphatic carbocycles. The third kappa shape index (κ3) is 4.27. The molecule has 9 heteroatoms. The van der Waals surface area contributed by atoms with Crippen LogP contribution in [0.4, 0.5) is 0 Å². The number of benzene rings is 1. The van der Waals surface area contributed by atoms with Gasteiger partial charge in [0.15, 0.2) is 20.8 Å². The van der Waals surface area contributed by atoms with E-state index in [1.807, 2.05) is 42.7 Å². The van der Waals surface area contributed by atoms with Crippen molar-refractivity contribution in [3.63, 3.8) is 0 Å². The summed E-state index contributed by atoms with van der Waals surface area (Å²) in [7, 11) is -3.06. The minimum atomic E-state index is -3.06. The van der Waals surface area contributed by atoms with E-state index in [1.54, 1.807) is 0 Å². The van der Waals surface area contributed by atoms with Crippen LogP contribution < -0.4 is 0 Å². The number of esters is 1. The van der Waals surface area contributed by atoms with E-state index in [9.17, 15) is 13.2 Å². The summed E-state index contributed by atoms with van der Waals surface area (Å²) in [4.78, 5) is 12.0. The zero-order chi connectivity index (χ0) is 18.7. The maximum absolute atomic E-state index is 12.0.